The zero-order chi connectivity index (χ0) is 15.9. The van der Waals surface area contributed by atoms with E-state index in [4.69, 9.17) is 0 Å². The molecule has 0 unspecified atom stereocenters. The fourth-order valence-electron chi connectivity index (χ4n) is 3.45. The minimum Gasteiger partial charge on any atom is -0.343 e. The molecule has 0 N–H and O–H groups in total. The number of aromatic nitrogens is 2. The van der Waals surface area contributed by atoms with Crippen LogP contribution in [-0.2, 0) is 17.8 Å². The van der Waals surface area contributed by atoms with Gasteiger partial charge in [-0.25, -0.2) is 4.98 Å². The molecule has 2 heterocycles. The number of carbonyl (C=O) groups excluding carboxylic acids is 1. The van der Waals surface area contributed by atoms with Crippen LogP contribution in [0.25, 0.3) is 0 Å². The molecule has 5 heteroatoms. The molecule has 0 bridgehead atoms. The molecule has 1 amide bonds. The Morgan fingerprint density at radius 1 is 1.27 bits per heavy atom. The number of aryl methyl sites for hydroxylation is 2. The van der Waals surface area contributed by atoms with Gasteiger partial charge in [0.1, 0.15) is 5.82 Å². The van der Waals surface area contributed by atoms with Gasteiger partial charge in [-0.05, 0) is 32.9 Å². The molecule has 0 atom stereocenters. The van der Waals surface area contributed by atoms with Crippen molar-refractivity contribution >= 4 is 5.91 Å². The summed E-state index contributed by atoms with van der Waals surface area (Å²) in [4.78, 5) is 21.3. The Bertz CT molecular complexity index is 459. The topological polar surface area (TPSA) is 41.4 Å². The van der Waals surface area contributed by atoms with Gasteiger partial charge in [-0.3, -0.25) is 4.79 Å². The third-order valence-corrected chi connectivity index (χ3v) is 4.85. The molecule has 0 aromatic carbocycles. The fraction of sp³-hybridized carbons (Fsp3) is 0.765. The van der Waals surface area contributed by atoms with E-state index >= 15 is 0 Å². The van der Waals surface area contributed by atoms with Crippen molar-refractivity contribution in [3.05, 3.63) is 18.2 Å². The summed E-state index contributed by atoms with van der Waals surface area (Å²) in [7, 11) is 0. The van der Waals surface area contributed by atoms with Gasteiger partial charge in [0.15, 0.2) is 0 Å². The molecular weight excluding hydrogens is 276 g/mol. The van der Waals surface area contributed by atoms with Crippen LogP contribution in [0.5, 0.6) is 0 Å². The number of hydrogen-bond donors (Lipinski definition) is 0. The molecular formula is C17H30N4O. The molecule has 1 aromatic heterocycles. The second kappa shape index (κ2) is 8.32. The number of rotatable bonds is 7. The van der Waals surface area contributed by atoms with Crippen molar-refractivity contribution < 1.29 is 4.79 Å². The summed E-state index contributed by atoms with van der Waals surface area (Å²) in [5, 5.41) is 0. The summed E-state index contributed by atoms with van der Waals surface area (Å²) in [6.07, 6.45) is 7.34. The Balaban J connectivity index is 1.78. The Morgan fingerprint density at radius 3 is 2.55 bits per heavy atom. The molecule has 1 saturated heterocycles. The summed E-state index contributed by atoms with van der Waals surface area (Å²) in [6, 6.07) is 0.651. The van der Waals surface area contributed by atoms with Crippen molar-refractivity contribution in [2.75, 3.05) is 26.2 Å². The first-order chi connectivity index (χ1) is 10.7. The normalized spacial score (nSPS) is 16.5. The summed E-state index contributed by atoms with van der Waals surface area (Å²) < 4.78 is 2.11. The van der Waals surface area contributed by atoms with Crippen molar-refractivity contribution in [1.29, 1.82) is 0 Å². The molecule has 1 aromatic rings. The van der Waals surface area contributed by atoms with Gasteiger partial charge in [-0.2, -0.15) is 0 Å². The number of hydrogen-bond acceptors (Lipinski definition) is 3. The van der Waals surface area contributed by atoms with E-state index in [9.17, 15) is 4.79 Å². The number of likely N-dealkylation sites (tertiary alicyclic amines) is 1. The van der Waals surface area contributed by atoms with Gasteiger partial charge in [0.05, 0.1) is 0 Å². The van der Waals surface area contributed by atoms with E-state index in [2.05, 4.69) is 35.2 Å². The molecule has 0 radical (unpaired) electrons. The summed E-state index contributed by atoms with van der Waals surface area (Å²) in [6.45, 7) is 11.5. The lowest BCUT2D eigenvalue weighted by molar-refractivity contribution is -0.132. The van der Waals surface area contributed by atoms with Gasteiger partial charge in [0.2, 0.25) is 5.91 Å². The number of carbonyl (C=O) groups is 1. The third-order valence-electron chi connectivity index (χ3n) is 4.85. The van der Waals surface area contributed by atoms with E-state index in [1.54, 1.807) is 0 Å². The number of nitrogens with zero attached hydrogens (tertiary/aromatic N) is 4. The highest BCUT2D eigenvalue weighted by Gasteiger charge is 2.25. The first-order valence-electron chi connectivity index (χ1n) is 8.71. The van der Waals surface area contributed by atoms with Crippen molar-refractivity contribution in [2.24, 2.45) is 0 Å². The van der Waals surface area contributed by atoms with Crippen molar-refractivity contribution in [2.45, 2.75) is 59.0 Å². The van der Waals surface area contributed by atoms with Crippen molar-refractivity contribution in [1.82, 2.24) is 19.4 Å². The molecule has 0 aliphatic carbocycles. The first-order valence-corrected chi connectivity index (χ1v) is 8.71. The minimum atomic E-state index is 0.281. The Morgan fingerprint density at radius 2 is 1.95 bits per heavy atom. The van der Waals surface area contributed by atoms with Crippen LogP contribution in [0.15, 0.2) is 12.4 Å². The Labute approximate surface area is 134 Å². The maximum atomic E-state index is 12.4. The van der Waals surface area contributed by atoms with Crippen LogP contribution < -0.4 is 0 Å². The van der Waals surface area contributed by atoms with Gasteiger partial charge < -0.3 is 14.4 Å². The maximum Gasteiger partial charge on any atom is 0.223 e. The summed E-state index contributed by atoms with van der Waals surface area (Å²) >= 11 is 0. The van der Waals surface area contributed by atoms with Crippen LogP contribution in [0.2, 0.25) is 0 Å². The minimum absolute atomic E-state index is 0.281. The predicted molar refractivity (Wildman–Crippen MR) is 88.7 cm³/mol. The molecule has 0 saturated carbocycles. The molecule has 22 heavy (non-hydrogen) atoms. The highest BCUT2D eigenvalue weighted by atomic mass is 16.2. The van der Waals surface area contributed by atoms with Crippen LogP contribution in [0.1, 0.15) is 45.9 Å². The lowest BCUT2D eigenvalue weighted by Crippen LogP contribution is -2.46. The van der Waals surface area contributed by atoms with E-state index in [1.807, 2.05) is 17.3 Å². The van der Waals surface area contributed by atoms with Gasteiger partial charge >= 0.3 is 0 Å². The Kier molecular flexibility index (Phi) is 6.43. The van der Waals surface area contributed by atoms with E-state index in [-0.39, 0.29) is 5.91 Å². The number of amides is 1. The molecule has 0 spiro atoms. The second-order valence-corrected chi connectivity index (χ2v) is 5.96. The molecule has 1 fully saturated rings. The molecule has 2 rings (SSSR count). The monoisotopic (exact) mass is 306 g/mol. The SMILES string of the molecule is CCN(CC)C1CCN(C(=O)CCc2nccn2CC)CC1. The van der Waals surface area contributed by atoms with Crippen molar-refractivity contribution in [3.63, 3.8) is 0 Å². The zero-order valence-electron chi connectivity index (χ0n) is 14.3. The average molecular weight is 306 g/mol. The highest BCUT2D eigenvalue weighted by Crippen LogP contribution is 2.17. The third kappa shape index (κ3) is 4.09. The lowest BCUT2D eigenvalue weighted by Gasteiger charge is -2.37. The van der Waals surface area contributed by atoms with Crippen LogP contribution >= 0.6 is 0 Å². The van der Waals surface area contributed by atoms with Gasteiger partial charge in [0.25, 0.3) is 0 Å². The van der Waals surface area contributed by atoms with Crippen LogP contribution in [0.4, 0.5) is 0 Å². The molecule has 5 nitrogen and oxygen atoms in total. The van der Waals surface area contributed by atoms with Gasteiger partial charge in [-0.1, -0.05) is 13.8 Å². The first kappa shape index (κ1) is 17.0. The lowest BCUT2D eigenvalue weighted by atomic mass is 10.0. The van der Waals surface area contributed by atoms with Crippen molar-refractivity contribution in [3.8, 4) is 0 Å². The van der Waals surface area contributed by atoms with E-state index in [0.717, 1.165) is 57.8 Å². The van der Waals surface area contributed by atoms with Crippen LogP contribution in [0, 0.1) is 0 Å². The van der Waals surface area contributed by atoms with E-state index in [0.29, 0.717) is 12.5 Å². The average Bonchev–Trinajstić information content (AvgIpc) is 3.02. The van der Waals surface area contributed by atoms with E-state index < -0.39 is 0 Å². The van der Waals surface area contributed by atoms with Gasteiger partial charge in [0, 0.05) is 50.9 Å². The highest BCUT2D eigenvalue weighted by molar-refractivity contribution is 5.76. The fourth-order valence-corrected chi connectivity index (χ4v) is 3.45. The summed E-state index contributed by atoms with van der Waals surface area (Å²) in [5.41, 5.74) is 0. The maximum absolute atomic E-state index is 12.4. The van der Waals surface area contributed by atoms with E-state index in [1.165, 1.54) is 0 Å². The zero-order valence-corrected chi connectivity index (χ0v) is 14.3. The molecule has 1 aliphatic heterocycles. The predicted octanol–water partition coefficient (Wildman–Crippen LogP) is 2.17. The second-order valence-electron chi connectivity index (χ2n) is 5.96. The largest absolute Gasteiger partial charge is 0.343 e. The number of piperidine rings is 1. The summed E-state index contributed by atoms with van der Waals surface area (Å²) in [5.74, 6) is 1.30. The smallest absolute Gasteiger partial charge is 0.223 e. The standard InChI is InChI=1S/C17H30N4O/c1-4-19(5-2)15-9-12-21(13-10-15)17(22)8-7-16-18-11-14-20(16)6-3/h11,14-15H,4-10,12-13H2,1-3H3. The number of imidazole rings is 1. The Hall–Kier alpha value is -1.36. The van der Waals surface area contributed by atoms with Crippen LogP contribution in [0.3, 0.4) is 0 Å². The molecule has 124 valence electrons. The van der Waals surface area contributed by atoms with Gasteiger partial charge in [-0.15, -0.1) is 0 Å². The molecule has 1 aliphatic rings. The van der Waals surface area contributed by atoms with Crippen LogP contribution in [-0.4, -0.2) is 57.5 Å². The quantitative estimate of drug-likeness (QED) is 0.775.